The smallest absolute Gasteiger partial charge is 0.233 e. The zero-order valence-electron chi connectivity index (χ0n) is 18.4. The zero-order chi connectivity index (χ0) is 22.2. The van der Waals surface area contributed by atoms with Gasteiger partial charge < -0.3 is 10.2 Å². The fraction of sp³-hybridized carbons (Fsp3) is 0.500. The number of hydrogen-bond donors (Lipinski definition) is 1. The van der Waals surface area contributed by atoms with Crippen LogP contribution in [0.3, 0.4) is 0 Å². The SMILES string of the molecule is O=C(NCCCc1ccncc1)C1CC12CCN(C(=O)C1(c3ccc(Cl)cc3)CC1)CC2. The molecule has 0 radical (unpaired) electrons. The third kappa shape index (κ3) is 4.15. The summed E-state index contributed by atoms with van der Waals surface area (Å²) in [6, 6.07) is 11.8. The molecule has 1 unspecified atom stereocenters. The third-order valence-corrected chi connectivity index (χ3v) is 8.05. The van der Waals surface area contributed by atoms with Crippen LogP contribution in [0.5, 0.6) is 0 Å². The second-order valence-corrected chi connectivity index (χ2v) is 10.2. The molecule has 1 aromatic heterocycles. The van der Waals surface area contributed by atoms with E-state index in [0.717, 1.165) is 63.6 Å². The van der Waals surface area contributed by atoms with E-state index in [2.05, 4.69) is 10.3 Å². The molecule has 168 valence electrons. The summed E-state index contributed by atoms with van der Waals surface area (Å²) in [6.45, 7) is 2.24. The molecule has 1 atom stereocenters. The Morgan fingerprint density at radius 1 is 1.03 bits per heavy atom. The molecule has 3 fully saturated rings. The summed E-state index contributed by atoms with van der Waals surface area (Å²) in [5.41, 5.74) is 2.11. The number of halogens is 1. The first-order valence-corrected chi connectivity index (χ1v) is 12.1. The molecule has 1 aromatic carbocycles. The number of rotatable bonds is 7. The number of carbonyl (C=O) groups is 2. The average Bonchev–Trinajstić information content (AvgIpc) is 3.74. The lowest BCUT2D eigenvalue weighted by atomic mass is 9.88. The van der Waals surface area contributed by atoms with E-state index >= 15 is 0 Å². The highest BCUT2D eigenvalue weighted by Gasteiger charge is 2.60. The van der Waals surface area contributed by atoms with Crippen LogP contribution in [0.15, 0.2) is 48.8 Å². The fourth-order valence-corrected chi connectivity index (χ4v) is 5.55. The van der Waals surface area contributed by atoms with E-state index in [1.165, 1.54) is 5.56 Å². The van der Waals surface area contributed by atoms with Crippen molar-refractivity contribution in [1.29, 1.82) is 0 Å². The number of piperidine rings is 1. The predicted molar refractivity (Wildman–Crippen MR) is 124 cm³/mol. The van der Waals surface area contributed by atoms with Crippen LogP contribution in [-0.2, 0) is 21.4 Å². The summed E-state index contributed by atoms with van der Waals surface area (Å²) < 4.78 is 0. The van der Waals surface area contributed by atoms with Crippen molar-refractivity contribution >= 4 is 23.4 Å². The van der Waals surface area contributed by atoms with Gasteiger partial charge in [-0.2, -0.15) is 0 Å². The molecule has 32 heavy (non-hydrogen) atoms. The van der Waals surface area contributed by atoms with Gasteiger partial charge in [0, 0.05) is 43.0 Å². The zero-order valence-corrected chi connectivity index (χ0v) is 19.1. The van der Waals surface area contributed by atoms with E-state index in [0.29, 0.717) is 11.6 Å². The van der Waals surface area contributed by atoms with Gasteiger partial charge in [-0.1, -0.05) is 23.7 Å². The number of pyridine rings is 1. The van der Waals surface area contributed by atoms with Crippen molar-refractivity contribution in [3.8, 4) is 0 Å². The van der Waals surface area contributed by atoms with Crippen LogP contribution >= 0.6 is 11.6 Å². The van der Waals surface area contributed by atoms with Crippen molar-refractivity contribution in [3.05, 3.63) is 64.9 Å². The van der Waals surface area contributed by atoms with Crippen molar-refractivity contribution < 1.29 is 9.59 Å². The van der Waals surface area contributed by atoms with Crippen LogP contribution in [0.4, 0.5) is 0 Å². The Labute approximate surface area is 194 Å². The lowest BCUT2D eigenvalue weighted by Gasteiger charge is -2.35. The van der Waals surface area contributed by atoms with E-state index in [4.69, 9.17) is 11.6 Å². The minimum absolute atomic E-state index is 0.114. The van der Waals surface area contributed by atoms with Gasteiger partial charge in [0.2, 0.25) is 11.8 Å². The largest absolute Gasteiger partial charge is 0.356 e. The topological polar surface area (TPSA) is 62.3 Å². The minimum atomic E-state index is -0.343. The van der Waals surface area contributed by atoms with Crippen LogP contribution in [0.1, 0.15) is 49.7 Å². The number of carbonyl (C=O) groups excluding carboxylic acids is 2. The molecule has 3 aliphatic rings. The van der Waals surface area contributed by atoms with Crippen LogP contribution in [0.2, 0.25) is 5.02 Å². The maximum absolute atomic E-state index is 13.3. The summed E-state index contributed by atoms with van der Waals surface area (Å²) in [5, 5.41) is 3.84. The molecular weight excluding hydrogens is 422 g/mol. The second kappa shape index (κ2) is 8.51. The van der Waals surface area contributed by atoms with Crippen molar-refractivity contribution in [1.82, 2.24) is 15.2 Å². The number of amides is 2. The van der Waals surface area contributed by atoms with E-state index in [-0.39, 0.29) is 28.6 Å². The van der Waals surface area contributed by atoms with Gasteiger partial charge >= 0.3 is 0 Å². The second-order valence-electron chi connectivity index (χ2n) is 9.75. The average molecular weight is 452 g/mol. The summed E-state index contributed by atoms with van der Waals surface area (Å²) in [7, 11) is 0. The summed E-state index contributed by atoms with van der Waals surface area (Å²) in [5.74, 6) is 0.568. The molecule has 6 heteroatoms. The van der Waals surface area contributed by atoms with E-state index in [9.17, 15) is 9.59 Å². The van der Waals surface area contributed by atoms with Gasteiger partial charge in [-0.05, 0) is 85.8 Å². The molecule has 1 aliphatic heterocycles. The van der Waals surface area contributed by atoms with Crippen molar-refractivity contribution in [2.24, 2.45) is 11.3 Å². The maximum atomic E-state index is 13.3. The molecule has 5 rings (SSSR count). The van der Waals surface area contributed by atoms with Crippen LogP contribution in [-0.4, -0.2) is 41.3 Å². The quantitative estimate of drug-likeness (QED) is 0.643. The van der Waals surface area contributed by atoms with Gasteiger partial charge in [0.15, 0.2) is 0 Å². The molecule has 2 amide bonds. The highest BCUT2D eigenvalue weighted by atomic mass is 35.5. The standard InChI is InChI=1S/C26H30ClN3O2/c27-21-5-3-20(4-6-21)26(9-10-26)24(32)30-16-11-25(12-17-30)18-22(25)23(31)29-13-1-2-19-7-14-28-15-8-19/h3-8,14-15,22H,1-2,9-13,16-18H2,(H,29,31). The normalized spacial score (nSPS) is 22.4. The molecule has 2 aromatic rings. The first-order valence-electron chi connectivity index (χ1n) is 11.7. The first kappa shape index (κ1) is 21.4. The lowest BCUT2D eigenvalue weighted by molar-refractivity contribution is -0.135. The number of likely N-dealkylation sites (tertiary alicyclic amines) is 1. The van der Waals surface area contributed by atoms with Gasteiger partial charge in [-0.3, -0.25) is 14.6 Å². The third-order valence-electron chi connectivity index (χ3n) is 7.80. The number of benzene rings is 1. The van der Waals surface area contributed by atoms with Gasteiger partial charge in [0.05, 0.1) is 5.41 Å². The molecular formula is C26H30ClN3O2. The maximum Gasteiger partial charge on any atom is 0.233 e. The summed E-state index contributed by atoms with van der Waals surface area (Å²) in [6.07, 6.45) is 10.2. The number of aromatic nitrogens is 1. The number of nitrogens with one attached hydrogen (secondary N) is 1. The van der Waals surface area contributed by atoms with Crippen LogP contribution < -0.4 is 5.32 Å². The van der Waals surface area contributed by atoms with Gasteiger partial charge in [0.25, 0.3) is 0 Å². The monoisotopic (exact) mass is 451 g/mol. The number of nitrogens with zero attached hydrogens (tertiary/aromatic N) is 2. The van der Waals surface area contributed by atoms with E-state index in [1.807, 2.05) is 41.3 Å². The molecule has 2 saturated carbocycles. The first-order chi connectivity index (χ1) is 15.5. The highest BCUT2D eigenvalue weighted by molar-refractivity contribution is 6.30. The van der Waals surface area contributed by atoms with Crippen LogP contribution in [0.25, 0.3) is 0 Å². The predicted octanol–water partition coefficient (Wildman–Crippen LogP) is 4.14. The highest BCUT2D eigenvalue weighted by Crippen LogP contribution is 2.60. The molecule has 1 spiro atoms. The molecule has 1 N–H and O–H groups in total. The Morgan fingerprint density at radius 2 is 1.72 bits per heavy atom. The van der Waals surface area contributed by atoms with Gasteiger partial charge in [-0.15, -0.1) is 0 Å². The Kier molecular flexibility index (Phi) is 5.70. The Balaban J connectivity index is 1.08. The molecule has 0 bridgehead atoms. The van der Waals surface area contributed by atoms with Gasteiger partial charge in [0.1, 0.15) is 0 Å². The van der Waals surface area contributed by atoms with E-state index < -0.39 is 0 Å². The molecule has 1 saturated heterocycles. The van der Waals surface area contributed by atoms with E-state index in [1.54, 1.807) is 12.4 Å². The molecule has 5 nitrogen and oxygen atoms in total. The Hall–Kier alpha value is -2.40. The molecule has 2 aliphatic carbocycles. The van der Waals surface area contributed by atoms with Crippen molar-refractivity contribution in [3.63, 3.8) is 0 Å². The molecule has 2 heterocycles. The number of aryl methyl sites for hydroxylation is 1. The van der Waals surface area contributed by atoms with Crippen LogP contribution in [0, 0.1) is 11.3 Å². The van der Waals surface area contributed by atoms with Crippen molar-refractivity contribution in [2.75, 3.05) is 19.6 Å². The summed E-state index contributed by atoms with van der Waals surface area (Å²) >= 11 is 6.03. The number of hydrogen-bond acceptors (Lipinski definition) is 3. The van der Waals surface area contributed by atoms with Crippen molar-refractivity contribution in [2.45, 2.75) is 50.4 Å². The Bertz CT molecular complexity index is 980. The van der Waals surface area contributed by atoms with Gasteiger partial charge in [-0.25, -0.2) is 0 Å². The Morgan fingerprint density at radius 3 is 2.38 bits per heavy atom. The fourth-order valence-electron chi connectivity index (χ4n) is 5.43. The lowest BCUT2D eigenvalue weighted by Crippen LogP contribution is -2.45. The summed E-state index contributed by atoms with van der Waals surface area (Å²) in [4.78, 5) is 32.1. The minimum Gasteiger partial charge on any atom is -0.356 e.